The summed E-state index contributed by atoms with van der Waals surface area (Å²) in [6.07, 6.45) is 0.491. The zero-order valence-corrected chi connectivity index (χ0v) is 7.95. The molecular formula is C11H12N2O. The number of carbonyl (C=O) groups is 1. The smallest absolute Gasteiger partial charge is 0.168 e. The maximum atomic E-state index is 10.4. The first-order valence-electron chi connectivity index (χ1n) is 4.22. The highest BCUT2D eigenvalue weighted by Gasteiger charge is 2.04. The number of nitrogens with one attached hydrogen (secondary N) is 1. The molecule has 0 unspecified atom stereocenters. The molecule has 0 heterocycles. The third kappa shape index (κ3) is 2.07. The van der Waals surface area contributed by atoms with Gasteiger partial charge in [0.2, 0.25) is 0 Å². The van der Waals surface area contributed by atoms with Crippen LogP contribution in [0.1, 0.15) is 12.5 Å². The van der Waals surface area contributed by atoms with E-state index in [4.69, 9.17) is 11.1 Å². The van der Waals surface area contributed by atoms with Crippen molar-refractivity contribution >= 4 is 17.7 Å². The summed E-state index contributed by atoms with van der Waals surface area (Å²) in [5.41, 5.74) is 7.53. The normalized spacial score (nSPS) is 11.8. The average Bonchev–Trinajstić information content (AvgIpc) is 2.27. The van der Waals surface area contributed by atoms with Crippen molar-refractivity contribution in [3.05, 3.63) is 41.5 Å². The molecule has 14 heavy (non-hydrogen) atoms. The summed E-state index contributed by atoms with van der Waals surface area (Å²) in [7, 11) is 0. The molecule has 0 aliphatic heterocycles. The fraction of sp³-hybridized carbons (Fsp3) is 0.0909. The summed E-state index contributed by atoms with van der Waals surface area (Å²) >= 11 is 0. The van der Waals surface area contributed by atoms with E-state index in [2.05, 4.69) is 0 Å². The molecule has 0 amide bonds. The summed E-state index contributed by atoms with van der Waals surface area (Å²) in [6, 6.07) is 9.30. The molecule has 0 aromatic heterocycles. The van der Waals surface area contributed by atoms with Crippen molar-refractivity contribution < 1.29 is 4.79 Å². The zero-order chi connectivity index (χ0) is 10.6. The lowest BCUT2D eigenvalue weighted by atomic mass is 10.1. The van der Waals surface area contributed by atoms with Crippen LogP contribution in [-0.2, 0) is 4.79 Å². The summed E-state index contributed by atoms with van der Waals surface area (Å²) in [5, 5.41) is 7.32. The van der Waals surface area contributed by atoms with Crippen molar-refractivity contribution in [3.8, 4) is 0 Å². The lowest BCUT2D eigenvalue weighted by Gasteiger charge is -2.05. The molecule has 72 valence electrons. The van der Waals surface area contributed by atoms with Gasteiger partial charge in [-0.3, -0.25) is 10.2 Å². The molecule has 0 saturated carbocycles. The first kappa shape index (κ1) is 10.2. The van der Waals surface area contributed by atoms with E-state index in [-0.39, 0.29) is 5.71 Å². The molecular weight excluding hydrogens is 176 g/mol. The quantitative estimate of drug-likeness (QED) is 0.558. The van der Waals surface area contributed by atoms with E-state index in [1.54, 1.807) is 6.92 Å². The number of benzene rings is 1. The van der Waals surface area contributed by atoms with Crippen LogP contribution in [0.3, 0.4) is 0 Å². The van der Waals surface area contributed by atoms with Crippen LogP contribution in [0.4, 0.5) is 0 Å². The molecule has 0 bridgehead atoms. The van der Waals surface area contributed by atoms with Gasteiger partial charge < -0.3 is 5.73 Å². The van der Waals surface area contributed by atoms with Crippen molar-refractivity contribution in [2.45, 2.75) is 6.92 Å². The molecule has 0 aliphatic carbocycles. The maximum Gasteiger partial charge on any atom is 0.168 e. The Morgan fingerprint density at radius 2 is 1.93 bits per heavy atom. The Morgan fingerprint density at radius 3 is 2.43 bits per heavy atom. The number of rotatable bonds is 3. The van der Waals surface area contributed by atoms with E-state index in [1.807, 2.05) is 30.3 Å². The van der Waals surface area contributed by atoms with Gasteiger partial charge in [-0.05, 0) is 12.5 Å². The van der Waals surface area contributed by atoms with Gasteiger partial charge in [0, 0.05) is 11.3 Å². The Balaban J connectivity index is 3.11. The second-order valence-electron chi connectivity index (χ2n) is 2.94. The van der Waals surface area contributed by atoms with Gasteiger partial charge in [0.05, 0.1) is 5.71 Å². The minimum absolute atomic E-state index is 0.0775. The fourth-order valence-corrected chi connectivity index (χ4v) is 1.07. The number of hydrogen-bond acceptors (Lipinski definition) is 3. The van der Waals surface area contributed by atoms with Gasteiger partial charge in [-0.15, -0.1) is 0 Å². The van der Waals surface area contributed by atoms with Crippen molar-refractivity contribution in [3.63, 3.8) is 0 Å². The second kappa shape index (κ2) is 4.37. The van der Waals surface area contributed by atoms with E-state index in [0.717, 1.165) is 5.56 Å². The Morgan fingerprint density at radius 1 is 1.36 bits per heavy atom. The van der Waals surface area contributed by atoms with Crippen molar-refractivity contribution in [2.24, 2.45) is 5.73 Å². The van der Waals surface area contributed by atoms with E-state index < -0.39 is 0 Å². The highest BCUT2D eigenvalue weighted by Crippen LogP contribution is 2.12. The van der Waals surface area contributed by atoms with Crippen LogP contribution >= 0.6 is 0 Å². The molecule has 0 aliphatic rings. The predicted octanol–water partition coefficient (Wildman–Crippen LogP) is 1.59. The van der Waals surface area contributed by atoms with Crippen LogP contribution in [0.15, 0.2) is 35.9 Å². The standard InChI is InChI=1S/C11H12N2O/c1-8(10(12)7-14)11(13)9-5-3-2-4-6-9/h2-7,12H,13H2,1H3/b11-8-,12-10?. The summed E-state index contributed by atoms with van der Waals surface area (Å²) in [5.74, 6) is 0. The molecule has 0 saturated heterocycles. The lowest BCUT2D eigenvalue weighted by molar-refractivity contribution is -0.102. The van der Waals surface area contributed by atoms with E-state index in [9.17, 15) is 4.79 Å². The van der Waals surface area contributed by atoms with Gasteiger partial charge in [0.15, 0.2) is 6.29 Å². The number of aldehydes is 1. The third-order valence-corrected chi connectivity index (χ3v) is 2.01. The fourth-order valence-electron chi connectivity index (χ4n) is 1.07. The number of carbonyl (C=O) groups excluding carboxylic acids is 1. The minimum Gasteiger partial charge on any atom is -0.398 e. The third-order valence-electron chi connectivity index (χ3n) is 2.01. The van der Waals surface area contributed by atoms with E-state index in [0.29, 0.717) is 17.6 Å². The van der Waals surface area contributed by atoms with Crippen LogP contribution in [-0.4, -0.2) is 12.0 Å². The maximum absolute atomic E-state index is 10.4. The number of nitrogens with two attached hydrogens (primary N) is 1. The molecule has 3 heteroatoms. The molecule has 3 nitrogen and oxygen atoms in total. The van der Waals surface area contributed by atoms with Crippen molar-refractivity contribution in [2.75, 3.05) is 0 Å². The molecule has 0 fully saturated rings. The zero-order valence-electron chi connectivity index (χ0n) is 7.95. The van der Waals surface area contributed by atoms with Crippen molar-refractivity contribution in [1.29, 1.82) is 5.41 Å². The molecule has 1 aromatic rings. The monoisotopic (exact) mass is 188 g/mol. The topological polar surface area (TPSA) is 66.9 Å². The van der Waals surface area contributed by atoms with Gasteiger partial charge in [0.1, 0.15) is 0 Å². The number of allylic oxidation sites excluding steroid dienone is 1. The van der Waals surface area contributed by atoms with E-state index >= 15 is 0 Å². The SMILES string of the molecule is C/C(C(=N)C=O)=C(/N)c1ccccc1. The highest BCUT2D eigenvalue weighted by atomic mass is 16.1. The second-order valence-corrected chi connectivity index (χ2v) is 2.94. The molecule has 1 aromatic carbocycles. The largest absolute Gasteiger partial charge is 0.398 e. The van der Waals surface area contributed by atoms with E-state index in [1.165, 1.54) is 0 Å². The summed E-state index contributed by atoms with van der Waals surface area (Å²) in [6.45, 7) is 1.67. The lowest BCUT2D eigenvalue weighted by Crippen LogP contribution is -2.08. The molecule has 0 spiro atoms. The molecule has 0 atom stereocenters. The molecule has 0 radical (unpaired) electrons. The van der Waals surface area contributed by atoms with Gasteiger partial charge in [-0.2, -0.15) is 0 Å². The van der Waals surface area contributed by atoms with Crippen LogP contribution in [0.25, 0.3) is 5.70 Å². The van der Waals surface area contributed by atoms with Crippen LogP contribution in [0.5, 0.6) is 0 Å². The molecule has 1 rings (SSSR count). The predicted molar refractivity (Wildman–Crippen MR) is 57.0 cm³/mol. The number of hydrogen-bond donors (Lipinski definition) is 2. The van der Waals surface area contributed by atoms with Crippen molar-refractivity contribution in [1.82, 2.24) is 0 Å². The van der Waals surface area contributed by atoms with Crippen LogP contribution in [0.2, 0.25) is 0 Å². The average molecular weight is 188 g/mol. The Kier molecular flexibility index (Phi) is 3.18. The van der Waals surface area contributed by atoms with Gasteiger partial charge in [-0.25, -0.2) is 0 Å². The molecule has 3 N–H and O–H groups in total. The summed E-state index contributed by atoms with van der Waals surface area (Å²) in [4.78, 5) is 10.4. The first-order valence-corrected chi connectivity index (χ1v) is 4.22. The minimum atomic E-state index is -0.0775. The van der Waals surface area contributed by atoms with Crippen LogP contribution < -0.4 is 5.73 Å². The summed E-state index contributed by atoms with van der Waals surface area (Å²) < 4.78 is 0. The van der Waals surface area contributed by atoms with Gasteiger partial charge >= 0.3 is 0 Å². The Bertz CT molecular complexity index is 380. The Hall–Kier alpha value is -1.90. The first-order chi connectivity index (χ1) is 6.66. The van der Waals surface area contributed by atoms with Crippen LogP contribution in [0, 0.1) is 5.41 Å². The van der Waals surface area contributed by atoms with Gasteiger partial charge in [-0.1, -0.05) is 30.3 Å². The Labute approximate surface area is 82.8 Å². The highest BCUT2D eigenvalue weighted by molar-refractivity contribution is 6.36. The van der Waals surface area contributed by atoms with Gasteiger partial charge in [0.25, 0.3) is 0 Å².